The van der Waals surface area contributed by atoms with E-state index in [9.17, 15) is 4.39 Å². The van der Waals surface area contributed by atoms with Gasteiger partial charge in [0, 0.05) is 23.0 Å². The van der Waals surface area contributed by atoms with Gasteiger partial charge in [-0.25, -0.2) is 23.0 Å². The normalized spacial score (nSPS) is 12.4. The minimum Gasteiger partial charge on any atom is -0.222 e. The molecule has 144 valence electrons. The molecule has 0 saturated heterocycles. The molecule has 0 aliphatic heterocycles. The van der Waals surface area contributed by atoms with E-state index >= 15 is 0 Å². The lowest BCUT2D eigenvalue weighted by atomic mass is 9.90. The number of rotatable bonds is 1. The molecule has 0 aliphatic rings. The maximum Gasteiger partial charge on any atom is 0.219 e. The Morgan fingerprint density at radius 3 is 1.38 bits per heavy atom. The summed E-state index contributed by atoms with van der Waals surface area (Å²) in [5.41, 5.74) is 2.46. The highest BCUT2D eigenvalue weighted by molar-refractivity contribution is 7.12. The molecule has 0 atom stereocenters. The van der Waals surface area contributed by atoms with Crippen LogP contribution in [0.4, 0.5) is 4.39 Å². The molecular weight excluding hydrogens is 379 g/mol. The summed E-state index contributed by atoms with van der Waals surface area (Å²) in [4.78, 5) is 2.71. The monoisotopic (exact) mass is 402 g/mol. The maximum absolute atomic E-state index is 13.1. The Labute approximate surface area is 160 Å². The van der Waals surface area contributed by atoms with Gasteiger partial charge in [0.05, 0.1) is 0 Å². The first-order valence-electron chi connectivity index (χ1n) is 7.94. The Hall–Kier alpha value is -1.15. The van der Waals surface area contributed by atoms with Gasteiger partial charge in [0.1, 0.15) is 5.82 Å². The molecule has 0 aliphatic carbocycles. The number of benzene rings is 1. The first kappa shape index (κ1) is 22.9. The van der Waals surface area contributed by atoms with Crippen LogP contribution in [0.1, 0.15) is 51.3 Å². The van der Waals surface area contributed by atoms with Crippen LogP contribution in [-0.4, -0.2) is 0 Å². The largest absolute Gasteiger partial charge is 0.222 e. The van der Waals surface area contributed by atoms with Crippen molar-refractivity contribution in [2.45, 2.75) is 52.4 Å². The van der Waals surface area contributed by atoms with E-state index in [2.05, 4.69) is 53.7 Å². The van der Waals surface area contributed by atoms with E-state index in [0.29, 0.717) is 0 Å². The fraction of sp³-hybridized carbons (Fsp3) is 0.421. The van der Waals surface area contributed by atoms with Gasteiger partial charge in [0.25, 0.3) is 0 Å². The van der Waals surface area contributed by atoms with Crippen LogP contribution in [-0.2, 0) is 10.8 Å². The van der Waals surface area contributed by atoms with Gasteiger partial charge in [-0.2, -0.15) is 0 Å². The predicted octanol–water partition coefficient (Wildman–Crippen LogP) is 1.67. The molecule has 0 fully saturated rings. The molecule has 4 nitrogen and oxygen atoms in total. The second-order valence-electron chi connectivity index (χ2n) is 7.96. The van der Waals surface area contributed by atoms with Gasteiger partial charge < -0.3 is 0 Å². The zero-order chi connectivity index (χ0) is 20.3. The fourth-order valence-corrected chi connectivity index (χ4v) is 3.27. The second kappa shape index (κ2) is 8.25. The average Bonchev–Trinajstić information content (AvgIpc) is 2.44. The van der Waals surface area contributed by atoms with E-state index in [4.69, 9.17) is 18.6 Å². The molecule has 1 aromatic heterocycles. The molecule has 26 heavy (non-hydrogen) atoms. The molecule has 2 rings (SSSR count). The Morgan fingerprint density at radius 1 is 0.731 bits per heavy atom. The Morgan fingerprint density at radius 2 is 1.08 bits per heavy atom. The van der Waals surface area contributed by atoms with Crippen LogP contribution in [0.2, 0.25) is 0 Å². The topological polar surface area (TPSA) is 92.2 Å². The molecule has 0 unspecified atom stereocenters. The number of hydrogen-bond donors (Lipinski definition) is 0. The lowest BCUT2D eigenvalue weighted by molar-refractivity contribution is -2.00. The quantitative estimate of drug-likeness (QED) is 0.678. The number of hydrogen-bond acceptors (Lipinski definition) is 4. The SMILES string of the molecule is CC(C)(C)c1cc(-c2ccc(F)cc2)cc(C(C)(C)C)[s+]1.[O-][Cl+3]([O-])([O-])[O-]. The van der Waals surface area contributed by atoms with Crippen molar-refractivity contribution in [3.05, 3.63) is 52.0 Å². The van der Waals surface area contributed by atoms with E-state index in [1.807, 2.05) is 23.5 Å². The van der Waals surface area contributed by atoms with E-state index in [1.165, 1.54) is 27.5 Å². The standard InChI is InChI=1S/C19H24FS.ClHO4/c1-18(2,3)16-11-14(12-17(21-16)19(4,5)6)13-7-9-15(20)10-8-13;2-1(3,4)5/h7-12H,1-6H3;(H,2,3,4,5)/q+1;/p-1. The zero-order valence-electron chi connectivity index (χ0n) is 15.8. The molecule has 1 heterocycles. The molecule has 0 saturated carbocycles. The summed E-state index contributed by atoms with van der Waals surface area (Å²) in [7, 11) is -4.94. The summed E-state index contributed by atoms with van der Waals surface area (Å²) in [5, 5.41) is 0. The van der Waals surface area contributed by atoms with E-state index in [0.717, 1.165) is 5.56 Å². The predicted molar refractivity (Wildman–Crippen MR) is 91.5 cm³/mol. The summed E-state index contributed by atoms with van der Waals surface area (Å²) in [6, 6.07) is 11.3. The molecule has 0 spiro atoms. The van der Waals surface area contributed by atoms with Crippen LogP contribution >= 0.6 is 11.3 Å². The van der Waals surface area contributed by atoms with E-state index in [-0.39, 0.29) is 16.6 Å². The third-order valence-electron chi connectivity index (χ3n) is 3.45. The summed E-state index contributed by atoms with van der Waals surface area (Å²) >= 11 is 1.87. The van der Waals surface area contributed by atoms with Gasteiger partial charge in [-0.3, -0.25) is 0 Å². The van der Waals surface area contributed by atoms with Crippen molar-refractivity contribution in [3.8, 4) is 11.1 Å². The van der Waals surface area contributed by atoms with Crippen molar-refractivity contribution in [1.82, 2.24) is 0 Å². The summed E-state index contributed by atoms with van der Waals surface area (Å²) in [5.74, 6) is -0.190. The van der Waals surface area contributed by atoms with Crippen molar-refractivity contribution in [3.63, 3.8) is 0 Å². The Bertz CT molecular complexity index is 691. The Kier molecular flexibility index (Phi) is 7.26. The maximum atomic E-state index is 13.1. The highest BCUT2D eigenvalue weighted by Gasteiger charge is 2.32. The molecule has 7 heteroatoms. The van der Waals surface area contributed by atoms with Crippen molar-refractivity contribution in [2.75, 3.05) is 0 Å². The first-order valence-corrected chi connectivity index (χ1v) is 9.99. The highest BCUT2D eigenvalue weighted by atomic mass is 35.7. The molecule has 2 aromatic rings. The smallest absolute Gasteiger partial charge is 0.219 e. The molecular formula is C19H24ClFO4S. The van der Waals surface area contributed by atoms with E-state index in [1.54, 1.807) is 0 Å². The molecule has 0 radical (unpaired) electrons. The molecule has 0 bridgehead atoms. The van der Waals surface area contributed by atoms with Crippen LogP contribution in [0.25, 0.3) is 11.1 Å². The third kappa shape index (κ3) is 8.03. The van der Waals surface area contributed by atoms with Gasteiger partial charge in [-0.05, 0) is 23.3 Å². The minimum atomic E-state index is -4.94. The van der Waals surface area contributed by atoms with Gasteiger partial charge in [0.2, 0.25) is 21.1 Å². The minimum absolute atomic E-state index is 0.112. The lowest BCUT2D eigenvalue weighted by Crippen LogP contribution is -2.68. The van der Waals surface area contributed by atoms with Crippen molar-refractivity contribution in [1.29, 1.82) is 0 Å². The first-order chi connectivity index (χ1) is 11.6. The molecule has 0 amide bonds. The van der Waals surface area contributed by atoms with Gasteiger partial charge in [-0.15, -0.1) is 10.2 Å². The summed E-state index contributed by atoms with van der Waals surface area (Å²) in [6.07, 6.45) is 0. The fourth-order valence-electron chi connectivity index (χ4n) is 2.05. The highest BCUT2D eigenvalue weighted by Crippen LogP contribution is 2.37. The second-order valence-corrected chi connectivity index (χ2v) is 9.80. The van der Waals surface area contributed by atoms with Crippen molar-refractivity contribution < 1.29 is 33.3 Å². The molecule has 0 N–H and O–H groups in total. The lowest BCUT2D eigenvalue weighted by Gasteiger charge is -2.17. The zero-order valence-corrected chi connectivity index (χ0v) is 17.3. The van der Waals surface area contributed by atoms with Crippen LogP contribution in [0.5, 0.6) is 0 Å². The van der Waals surface area contributed by atoms with Crippen LogP contribution in [0.3, 0.4) is 0 Å². The van der Waals surface area contributed by atoms with Crippen LogP contribution in [0.15, 0.2) is 36.4 Å². The van der Waals surface area contributed by atoms with Crippen molar-refractivity contribution in [2.24, 2.45) is 0 Å². The van der Waals surface area contributed by atoms with E-state index < -0.39 is 10.2 Å². The Balaban J connectivity index is 0.000000597. The summed E-state index contributed by atoms with van der Waals surface area (Å²) in [6.45, 7) is 13.4. The molecule has 1 aromatic carbocycles. The third-order valence-corrected chi connectivity index (χ3v) is 5.35. The van der Waals surface area contributed by atoms with Crippen LogP contribution < -0.4 is 18.6 Å². The van der Waals surface area contributed by atoms with Crippen molar-refractivity contribution >= 4 is 11.3 Å². The van der Waals surface area contributed by atoms with Gasteiger partial charge in [-0.1, -0.05) is 53.7 Å². The number of halogens is 2. The summed E-state index contributed by atoms with van der Waals surface area (Å²) < 4.78 is 47.1. The average molecular weight is 403 g/mol. The van der Waals surface area contributed by atoms with Gasteiger partial charge >= 0.3 is 0 Å². The van der Waals surface area contributed by atoms with Crippen LogP contribution in [0, 0.1) is 16.1 Å². The van der Waals surface area contributed by atoms with Gasteiger partial charge in [0.15, 0.2) is 0 Å².